The molecule has 0 unspecified atom stereocenters. The van der Waals surface area contributed by atoms with Crippen LogP contribution in [0.15, 0.2) is 30.3 Å². The molecular weight excluding hydrogens is 374 g/mol. The Hall–Kier alpha value is -2.90. The second-order valence-electron chi connectivity index (χ2n) is 7.53. The number of rotatable bonds is 8. The molecule has 2 fully saturated rings. The normalized spacial score (nSPS) is 17.9. The summed E-state index contributed by atoms with van der Waals surface area (Å²) in [6, 6.07) is 9.28. The van der Waals surface area contributed by atoms with Crippen molar-refractivity contribution in [1.29, 1.82) is 0 Å². The molecule has 1 aliphatic carbocycles. The number of amides is 4. The van der Waals surface area contributed by atoms with Crippen LogP contribution in [-0.4, -0.2) is 54.0 Å². The van der Waals surface area contributed by atoms with Crippen molar-refractivity contribution in [3.8, 4) is 0 Å². The molecule has 1 aromatic carbocycles. The maximum Gasteiger partial charge on any atom is 0.325 e. The van der Waals surface area contributed by atoms with Crippen LogP contribution in [0.4, 0.5) is 4.79 Å². The van der Waals surface area contributed by atoms with Gasteiger partial charge in [0.1, 0.15) is 5.54 Å². The van der Waals surface area contributed by atoms with Gasteiger partial charge in [0.05, 0.1) is 6.42 Å². The number of nitrogens with one attached hydrogen (secondary N) is 2. The van der Waals surface area contributed by atoms with Gasteiger partial charge in [-0.2, -0.15) is 0 Å². The minimum Gasteiger partial charge on any atom is -0.456 e. The lowest BCUT2D eigenvalue weighted by atomic mass is 9.82. The Morgan fingerprint density at radius 1 is 1.10 bits per heavy atom. The highest BCUT2D eigenvalue weighted by atomic mass is 16.5. The Morgan fingerprint density at radius 2 is 1.83 bits per heavy atom. The summed E-state index contributed by atoms with van der Waals surface area (Å²) in [5.41, 5.74) is 0.312. The van der Waals surface area contributed by atoms with Crippen LogP contribution in [0.5, 0.6) is 0 Å². The number of benzene rings is 1. The van der Waals surface area contributed by atoms with Gasteiger partial charge >= 0.3 is 12.0 Å². The Kier molecular flexibility index (Phi) is 6.85. The SMILES string of the molecule is O=C(COC(=O)CCN1C(=O)NC2(CCCCC2)C1=O)NCCc1ccccc1. The summed E-state index contributed by atoms with van der Waals surface area (Å²) in [6.07, 6.45) is 4.71. The molecule has 3 rings (SSSR count). The highest BCUT2D eigenvalue weighted by Crippen LogP contribution is 2.33. The summed E-state index contributed by atoms with van der Waals surface area (Å²) in [4.78, 5) is 49.6. The zero-order chi connectivity index (χ0) is 20.7. The maximum absolute atomic E-state index is 12.6. The molecule has 1 saturated heterocycles. The summed E-state index contributed by atoms with van der Waals surface area (Å²) < 4.78 is 4.95. The minimum absolute atomic E-state index is 0.0408. The molecular formula is C21H27N3O5. The van der Waals surface area contributed by atoms with Gasteiger partial charge in [0, 0.05) is 13.1 Å². The smallest absolute Gasteiger partial charge is 0.325 e. The number of hydrogen-bond donors (Lipinski definition) is 2. The average molecular weight is 401 g/mol. The van der Waals surface area contributed by atoms with E-state index in [9.17, 15) is 19.2 Å². The molecule has 8 heteroatoms. The molecule has 2 N–H and O–H groups in total. The summed E-state index contributed by atoms with van der Waals surface area (Å²) >= 11 is 0. The van der Waals surface area contributed by atoms with Gasteiger partial charge in [-0.25, -0.2) is 4.79 Å². The standard InChI is InChI=1S/C21H27N3O5/c25-17(22-13-9-16-7-3-1-4-8-16)15-29-18(26)10-14-24-19(27)21(23-20(24)28)11-5-2-6-12-21/h1,3-4,7-8H,2,5-6,9-15H2,(H,22,25)(H,23,28). The lowest BCUT2D eigenvalue weighted by molar-refractivity contribution is -0.149. The van der Waals surface area contributed by atoms with Gasteiger partial charge in [0.15, 0.2) is 6.61 Å². The summed E-state index contributed by atoms with van der Waals surface area (Å²) in [5.74, 6) is -1.26. The van der Waals surface area contributed by atoms with E-state index in [1.54, 1.807) is 0 Å². The largest absolute Gasteiger partial charge is 0.456 e. The molecule has 156 valence electrons. The maximum atomic E-state index is 12.6. The predicted octanol–water partition coefficient (Wildman–Crippen LogP) is 1.53. The van der Waals surface area contributed by atoms with Gasteiger partial charge in [0.2, 0.25) is 0 Å². The molecule has 1 aliphatic heterocycles. The van der Waals surface area contributed by atoms with Gasteiger partial charge in [-0.1, -0.05) is 49.6 Å². The third kappa shape index (κ3) is 5.34. The first-order valence-corrected chi connectivity index (χ1v) is 10.1. The molecule has 2 aliphatic rings. The second-order valence-corrected chi connectivity index (χ2v) is 7.53. The van der Waals surface area contributed by atoms with Crippen molar-refractivity contribution in [2.24, 2.45) is 0 Å². The molecule has 1 saturated carbocycles. The highest BCUT2D eigenvalue weighted by molar-refractivity contribution is 6.07. The van der Waals surface area contributed by atoms with Crippen molar-refractivity contribution in [3.63, 3.8) is 0 Å². The van der Waals surface area contributed by atoms with Crippen LogP contribution >= 0.6 is 0 Å². The van der Waals surface area contributed by atoms with Gasteiger partial charge in [-0.15, -0.1) is 0 Å². The number of imide groups is 1. The fourth-order valence-electron chi connectivity index (χ4n) is 3.84. The molecule has 0 aromatic heterocycles. The Morgan fingerprint density at radius 3 is 2.55 bits per heavy atom. The lowest BCUT2D eigenvalue weighted by Crippen LogP contribution is -2.48. The molecule has 29 heavy (non-hydrogen) atoms. The molecule has 8 nitrogen and oxygen atoms in total. The van der Waals surface area contributed by atoms with Gasteiger partial charge < -0.3 is 15.4 Å². The van der Waals surface area contributed by atoms with E-state index in [4.69, 9.17) is 4.74 Å². The third-order valence-electron chi connectivity index (χ3n) is 5.44. The topological polar surface area (TPSA) is 105 Å². The summed E-state index contributed by atoms with van der Waals surface area (Å²) in [7, 11) is 0. The molecule has 1 spiro atoms. The molecule has 0 atom stereocenters. The Labute approximate surface area is 170 Å². The van der Waals surface area contributed by atoms with Crippen LogP contribution in [0.2, 0.25) is 0 Å². The van der Waals surface area contributed by atoms with Crippen LogP contribution in [0.25, 0.3) is 0 Å². The van der Waals surface area contributed by atoms with Gasteiger partial charge in [-0.05, 0) is 24.8 Å². The summed E-state index contributed by atoms with van der Waals surface area (Å²) in [6.45, 7) is 0.0313. The highest BCUT2D eigenvalue weighted by Gasteiger charge is 2.51. The third-order valence-corrected chi connectivity index (χ3v) is 5.44. The van der Waals surface area contributed by atoms with E-state index in [1.165, 1.54) is 0 Å². The van der Waals surface area contributed by atoms with E-state index < -0.39 is 17.5 Å². The molecule has 0 radical (unpaired) electrons. The number of carbonyl (C=O) groups is 4. The molecule has 1 heterocycles. The predicted molar refractivity (Wildman–Crippen MR) is 105 cm³/mol. The van der Waals surface area contributed by atoms with Crippen molar-refractivity contribution >= 4 is 23.8 Å². The van der Waals surface area contributed by atoms with Gasteiger partial charge in [-0.3, -0.25) is 19.3 Å². The number of nitrogens with zero attached hydrogens (tertiary/aromatic N) is 1. The number of ether oxygens (including phenoxy) is 1. The van der Waals surface area contributed by atoms with E-state index in [1.807, 2.05) is 30.3 Å². The zero-order valence-electron chi connectivity index (χ0n) is 16.4. The summed E-state index contributed by atoms with van der Waals surface area (Å²) in [5, 5.41) is 5.49. The number of carbonyl (C=O) groups excluding carboxylic acids is 4. The molecule has 1 aromatic rings. The van der Waals surface area contributed by atoms with E-state index in [0.29, 0.717) is 25.8 Å². The minimum atomic E-state index is -0.794. The zero-order valence-corrected chi connectivity index (χ0v) is 16.4. The average Bonchev–Trinajstić information content (AvgIpc) is 2.95. The first-order valence-electron chi connectivity index (χ1n) is 10.1. The molecule has 0 bridgehead atoms. The Balaban J connectivity index is 1.35. The first kappa shape index (κ1) is 20.8. The Bertz CT molecular complexity index is 759. The van der Waals surface area contributed by atoms with E-state index >= 15 is 0 Å². The second kappa shape index (κ2) is 9.54. The van der Waals surface area contributed by atoms with E-state index in [-0.39, 0.29) is 31.4 Å². The van der Waals surface area contributed by atoms with Crippen LogP contribution < -0.4 is 10.6 Å². The van der Waals surface area contributed by atoms with Crippen LogP contribution in [-0.2, 0) is 25.5 Å². The number of urea groups is 1. The van der Waals surface area contributed by atoms with Crippen LogP contribution in [0.3, 0.4) is 0 Å². The fraction of sp³-hybridized carbons (Fsp3) is 0.524. The van der Waals surface area contributed by atoms with Crippen molar-refractivity contribution in [2.75, 3.05) is 19.7 Å². The van der Waals surface area contributed by atoms with E-state index in [2.05, 4.69) is 10.6 Å². The molecule has 4 amide bonds. The van der Waals surface area contributed by atoms with E-state index in [0.717, 1.165) is 29.7 Å². The van der Waals surface area contributed by atoms with Crippen molar-refractivity contribution in [2.45, 2.75) is 50.5 Å². The van der Waals surface area contributed by atoms with Crippen molar-refractivity contribution < 1.29 is 23.9 Å². The van der Waals surface area contributed by atoms with Crippen LogP contribution in [0.1, 0.15) is 44.1 Å². The van der Waals surface area contributed by atoms with Gasteiger partial charge in [0.25, 0.3) is 11.8 Å². The number of esters is 1. The van der Waals surface area contributed by atoms with Crippen LogP contribution in [0, 0.1) is 0 Å². The lowest BCUT2D eigenvalue weighted by Gasteiger charge is -2.30. The quantitative estimate of drug-likeness (QED) is 0.508. The monoisotopic (exact) mass is 401 g/mol. The van der Waals surface area contributed by atoms with Crippen molar-refractivity contribution in [1.82, 2.24) is 15.5 Å². The number of hydrogen-bond acceptors (Lipinski definition) is 5. The fourth-order valence-corrected chi connectivity index (χ4v) is 3.84. The first-order chi connectivity index (χ1) is 14.0. The van der Waals surface area contributed by atoms with Crippen molar-refractivity contribution in [3.05, 3.63) is 35.9 Å².